The highest BCUT2D eigenvalue weighted by molar-refractivity contribution is 7.13. The van der Waals surface area contributed by atoms with E-state index in [2.05, 4.69) is 0 Å². The van der Waals surface area contributed by atoms with Crippen molar-refractivity contribution in [3.63, 3.8) is 0 Å². The first kappa shape index (κ1) is 24.9. The number of hydrogen-bond donors (Lipinski definition) is 1. The predicted octanol–water partition coefficient (Wildman–Crippen LogP) is 1.79. The van der Waals surface area contributed by atoms with Gasteiger partial charge in [0, 0.05) is 29.4 Å². The third-order valence-electron chi connectivity index (χ3n) is 5.70. The second-order valence-corrected chi connectivity index (χ2v) is 10.7. The third-order valence-corrected chi connectivity index (χ3v) is 6.84. The first-order valence-corrected chi connectivity index (χ1v) is 11.5. The normalized spacial score (nSPS) is 20.8. The minimum absolute atomic E-state index is 0.0442. The van der Waals surface area contributed by atoms with Crippen LogP contribution in [0.4, 0.5) is 0 Å². The number of carbonyl (C=O) groups excluding carboxylic acids is 4. The molecule has 1 N–H and O–H groups in total. The summed E-state index contributed by atoms with van der Waals surface area (Å²) in [6, 6.07) is 3.30. The molecule has 0 spiro atoms. The molecule has 3 heterocycles. The molecule has 33 heavy (non-hydrogen) atoms. The van der Waals surface area contributed by atoms with Crippen LogP contribution in [0.5, 0.6) is 0 Å². The number of hydrogen-bond acceptors (Lipinski definition) is 8. The smallest absolute Gasteiger partial charge is 0.358 e. The molecule has 2 aliphatic heterocycles. The molecule has 9 nitrogen and oxygen atoms in total. The molecule has 0 bridgehead atoms. The first-order chi connectivity index (χ1) is 15.3. The van der Waals surface area contributed by atoms with Crippen molar-refractivity contribution in [2.24, 2.45) is 11.3 Å². The summed E-state index contributed by atoms with van der Waals surface area (Å²) in [5.41, 5.74) is -0.0249. The van der Waals surface area contributed by atoms with Crippen LogP contribution in [0.3, 0.4) is 0 Å². The number of nitrogens with zero attached hydrogens (tertiary/aromatic N) is 2. The Morgan fingerprint density at radius 1 is 1.24 bits per heavy atom. The van der Waals surface area contributed by atoms with E-state index in [9.17, 15) is 24.3 Å². The molecular formula is C23H30N2O7S. The number of aliphatic hydroxyl groups is 1. The molecule has 180 valence electrons. The van der Waals surface area contributed by atoms with Gasteiger partial charge in [-0.2, -0.15) is 0 Å². The van der Waals surface area contributed by atoms with Crippen LogP contribution in [-0.2, 0) is 35.1 Å². The largest absolute Gasteiger partial charge is 0.427 e. The highest BCUT2D eigenvalue weighted by atomic mass is 32.1. The molecule has 10 heteroatoms. The molecule has 1 aromatic heterocycles. The quantitative estimate of drug-likeness (QED) is 0.361. The van der Waals surface area contributed by atoms with Crippen molar-refractivity contribution in [2.75, 3.05) is 20.9 Å². The molecule has 3 atom stereocenters. The van der Waals surface area contributed by atoms with Gasteiger partial charge in [-0.1, -0.05) is 0 Å². The van der Waals surface area contributed by atoms with Gasteiger partial charge in [-0.05, 0) is 46.2 Å². The Morgan fingerprint density at radius 3 is 2.48 bits per heavy atom. The van der Waals surface area contributed by atoms with Crippen LogP contribution in [0.2, 0.25) is 0 Å². The van der Waals surface area contributed by atoms with Crippen LogP contribution in [0.15, 0.2) is 17.8 Å². The third kappa shape index (κ3) is 4.96. The van der Waals surface area contributed by atoms with E-state index in [0.717, 1.165) is 9.75 Å². The first-order valence-electron chi connectivity index (χ1n) is 10.7. The summed E-state index contributed by atoms with van der Waals surface area (Å²) in [5, 5.41) is 10.0. The van der Waals surface area contributed by atoms with E-state index < -0.39 is 36.2 Å². The van der Waals surface area contributed by atoms with Crippen LogP contribution in [0, 0.1) is 11.3 Å². The second-order valence-electron chi connectivity index (χ2n) is 9.54. The fourth-order valence-corrected chi connectivity index (χ4v) is 4.90. The number of fused-ring (bicyclic) bond motifs is 1. The summed E-state index contributed by atoms with van der Waals surface area (Å²) < 4.78 is 10.2. The molecule has 0 unspecified atom stereocenters. The van der Waals surface area contributed by atoms with Crippen LogP contribution in [-0.4, -0.2) is 71.7 Å². The molecule has 3 rings (SSSR count). The lowest BCUT2D eigenvalue weighted by Crippen LogP contribution is -2.61. The van der Waals surface area contributed by atoms with E-state index in [-0.39, 0.29) is 30.0 Å². The van der Waals surface area contributed by atoms with Gasteiger partial charge < -0.3 is 24.4 Å². The molecular weight excluding hydrogens is 448 g/mol. The lowest BCUT2D eigenvalue weighted by Gasteiger charge is -2.44. The van der Waals surface area contributed by atoms with Crippen molar-refractivity contribution in [2.45, 2.75) is 52.7 Å². The zero-order valence-corrected chi connectivity index (χ0v) is 20.5. The van der Waals surface area contributed by atoms with E-state index in [0.29, 0.717) is 12.0 Å². The lowest BCUT2D eigenvalue weighted by molar-refractivity contribution is -0.175. The minimum atomic E-state index is -0.847. The van der Waals surface area contributed by atoms with E-state index in [1.807, 2.05) is 12.1 Å². The molecule has 2 aliphatic rings. The number of aliphatic hydroxyl groups excluding tert-OH is 1. The van der Waals surface area contributed by atoms with Crippen LogP contribution < -0.4 is 0 Å². The maximum absolute atomic E-state index is 13.0. The standard InChI is InChI=1S/C23H30N2O7S/c1-12(26)18-15-10-14(16-8-7-13(33-16)9-17(27)24(5)6)19(25(15)20(18)28)21(29)31-11-32-22(30)23(2,3)4/h7-8,12,15,18,26H,9-11H2,1-6H3/t12-,15-,18-/m1/s1. The van der Waals surface area contributed by atoms with Crippen molar-refractivity contribution >= 4 is 40.7 Å². The fraction of sp³-hybridized carbons (Fsp3) is 0.565. The zero-order chi connectivity index (χ0) is 24.7. The Balaban J connectivity index is 1.84. The summed E-state index contributed by atoms with van der Waals surface area (Å²) in [4.78, 5) is 54.1. The highest BCUT2D eigenvalue weighted by Crippen LogP contribution is 2.48. The van der Waals surface area contributed by atoms with Crippen molar-refractivity contribution in [1.82, 2.24) is 9.80 Å². The summed E-state index contributed by atoms with van der Waals surface area (Å²) in [5.74, 6) is -2.28. The molecule has 1 saturated heterocycles. The Hall–Kier alpha value is -2.72. The van der Waals surface area contributed by atoms with Crippen LogP contribution in [0.1, 0.15) is 43.9 Å². The molecule has 0 radical (unpaired) electrons. The predicted molar refractivity (Wildman–Crippen MR) is 121 cm³/mol. The van der Waals surface area contributed by atoms with Gasteiger partial charge >= 0.3 is 11.9 Å². The molecule has 0 saturated carbocycles. The van der Waals surface area contributed by atoms with Gasteiger partial charge in [-0.15, -0.1) is 11.3 Å². The lowest BCUT2D eigenvalue weighted by atomic mass is 9.83. The van der Waals surface area contributed by atoms with Crippen molar-refractivity contribution in [3.05, 3.63) is 27.6 Å². The summed E-state index contributed by atoms with van der Waals surface area (Å²) in [6.07, 6.45) is -0.231. The molecule has 2 amide bonds. The SMILES string of the molecule is C[C@@H](O)[C@H]1C(=O)N2C(C(=O)OCOC(=O)C(C)(C)C)=C(c3ccc(CC(=O)N(C)C)s3)C[C@H]12. The summed E-state index contributed by atoms with van der Waals surface area (Å²) >= 11 is 1.37. The molecule has 1 fully saturated rings. The van der Waals surface area contributed by atoms with Crippen molar-refractivity contribution < 1.29 is 33.8 Å². The number of likely N-dealkylation sites (N-methyl/N-ethyl adjacent to an activating group) is 1. The number of ether oxygens (including phenoxy) is 2. The molecule has 1 aromatic rings. The zero-order valence-electron chi connectivity index (χ0n) is 19.7. The van der Waals surface area contributed by atoms with E-state index >= 15 is 0 Å². The highest BCUT2D eigenvalue weighted by Gasteiger charge is 2.57. The molecule has 0 aliphatic carbocycles. The van der Waals surface area contributed by atoms with Gasteiger partial charge in [0.1, 0.15) is 5.70 Å². The number of β-lactam (4-membered cyclic amide) rings is 1. The monoisotopic (exact) mass is 478 g/mol. The number of thiophene rings is 1. The Morgan fingerprint density at radius 2 is 1.91 bits per heavy atom. The fourth-order valence-electron chi connectivity index (χ4n) is 3.84. The topological polar surface area (TPSA) is 113 Å². The average molecular weight is 479 g/mol. The Labute approximate surface area is 196 Å². The number of amides is 2. The van der Waals surface area contributed by atoms with Crippen molar-refractivity contribution in [3.8, 4) is 0 Å². The van der Waals surface area contributed by atoms with Gasteiger partial charge in [-0.3, -0.25) is 14.4 Å². The van der Waals surface area contributed by atoms with E-state index in [1.54, 1.807) is 41.8 Å². The van der Waals surface area contributed by atoms with E-state index in [4.69, 9.17) is 9.47 Å². The van der Waals surface area contributed by atoms with Gasteiger partial charge in [0.2, 0.25) is 18.6 Å². The maximum Gasteiger partial charge on any atom is 0.358 e. The number of rotatable bonds is 7. The van der Waals surface area contributed by atoms with Crippen LogP contribution >= 0.6 is 11.3 Å². The summed E-state index contributed by atoms with van der Waals surface area (Å²) in [7, 11) is 3.37. The average Bonchev–Trinajstić information content (AvgIpc) is 3.28. The second kappa shape index (κ2) is 9.26. The molecule has 0 aromatic carbocycles. The van der Waals surface area contributed by atoms with Gasteiger partial charge in [-0.25, -0.2) is 4.79 Å². The maximum atomic E-state index is 13.0. The minimum Gasteiger partial charge on any atom is -0.427 e. The Kier molecular flexibility index (Phi) is 6.99. The Bertz CT molecular complexity index is 1000. The number of carbonyl (C=O) groups is 4. The van der Waals surface area contributed by atoms with Crippen LogP contribution in [0.25, 0.3) is 5.57 Å². The van der Waals surface area contributed by atoms with E-state index in [1.165, 1.54) is 21.1 Å². The number of esters is 2. The van der Waals surface area contributed by atoms with Gasteiger partial charge in [0.25, 0.3) is 0 Å². The summed E-state index contributed by atoms with van der Waals surface area (Å²) in [6.45, 7) is 6.04. The van der Waals surface area contributed by atoms with Gasteiger partial charge in [0.05, 0.1) is 29.9 Å². The van der Waals surface area contributed by atoms with Gasteiger partial charge in [0.15, 0.2) is 0 Å². The van der Waals surface area contributed by atoms with Crippen molar-refractivity contribution in [1.29, 1.82) is 0 Å².